The van der Waals surface area contributed by atoms with Crippen molar-refractivity contribution in [2.45, 2.75) is 63.8 Å². The fourth-order valence-electron chi connectivity index (χ4n) is 5.59. The summed E-state index contributed by atoms with van der Waals surface area (Å²) in [5.41, 5.74) is 2.97. The van der Waals surface area contributed by atoms with Gasteiger partial charge in [-0.1, -0.05) is 89.9 Å². The van der Waals surface area contributed by atoms with Crippen molar-refractivity contribution in [3.05, 3.63) is 94.0 Å². The first kappa shape index (κ1) is 29.4. The van der Waals surface area contributed by atoms with Crippen molar-refractivity contribution in [1.29, 1.82) is 0 Å². The Morgan fingerprint density at radius 2 is 1.63 bits per heavy atom. The predicted octanol–water partition coefficient (Wildman–Crippen LogP) is 7.16. The highest BCUT2D eigenvalue weighted by Gasteiger charge is 2.47. The molecule has 0 unspecified atom stereocenters. The SMILES string of the molecule is CC(C)(C)OC(=O)N1C[C@@H](O)[C@H](c2cccc(-c3ccccc3)c2)[C@@H](C(=O)N(Cc2cccc(Cl)c2Cl)C2CC2)C1. The Hall–Kier alpha value is -3.06. The number of aliphatic hydroxyl groups is 1. The lowest BCUT2D eigenvalue weighted by Crippen LogP contribution is -2.56. The van der Waals surface area contributed by atoms with Gasteiger partial charge in [0.25, 0.3) is 0 Å². The molecule has 0 bridgehead atoms. The molecule has 5 rings (SSSR count). The molecule has 6 nitrogen and oxygen atoms in total. The van der Waals surface area contributed by atoms with Crippen LogP contribution in [0, 0.1) is 5.92 Å². The van der Waals surface area contributed by atoms with Gasteiger partial charge in [-0.25, -0.2) is 4.79 Å². The molecule has 1 saturated carbocycles. The van der Waals surface area contributed by atoms with Crippen LogP contribution in [0.5, 0.6) is 0 Å². The lowest BCUT2D eigenvalue weighted by atomic mass is 9.77. The van der Waals surface area contributed by atoms with E-state index in [0.717, 1.165) is 35.1 Å². The molecule has 1 heterocycles. The van der Waals surface area contributed by atoms with Crippen LogP contribution in [0.4, 0.5) is 4.79 Å². The maximum absolute atomic E-state index is 14.5. The lowest BCUT2D eigenvalue weighted by molar-refractivity contribution is -0.141. The number of nitrogens with zero attached hydrogens (tertiary/aromatic N) is 2. The molecule has 3 atom stereocenters. The molecule has 1 aliphatic heterocycles. The normalized spacial score (nSPS) is 20.9. The molecule has 2 aliphatic rings. The molecule has 216 valence electrons. The van der Waals surface area contributed by atoms with Gasteiger partial charge in [0.1, 0.15) is 5.60 Å². The zero-order chi connectivity index (χ0) is 29.3. The first-order chi connectivity index (χ1) is 19.5. The zero-order valence-electron chi connectivity index (χ0n) is 23.6. The minimum atomic E-state index is -0.966. The lowest BCUT2D eigenvalue weighted by Gasteiger charge is -2.43. The molecule has 1 aliphatic carbocycles. The van der Waals surface area contributed by atoms with Crippen LogP contribution in [-0.2, 0) is 16.1 Å². The van der Waals surface area contributed by atoms with Gasteiger partial charge in [0.05, 0.1) is 28.6 Å². The molecule has 0 aromatic heterocycles. The Bertz CT molecular complexity index is 1400. The first-order valence-corrected chi connectivity index (χ1v) is 14.8. The number of carbonyl (C=O) groups is 2. The Morgan fingerprint density at radius 1 is 0.951 bits per heavy atom. The topological polar surface area (TPSA) is 70.1 Å². The van der Waals surface area contributed by atoms with Crippen molar-refractivity contribution >= 4 is 35.2 Å². The largest absolute Gasteiger partial charge is 0.444 e. The van der Waals surface area contributed by atoms with E-state index in [0.29, 0.717) is 16.6 Å². The standard InChI is InChI=1S/C33H36Cl2N2O4/c1-33(2,3)41-32(40)36-19-26(31(39)37(25-15-16-25)18-24-13-8-14-27(34)30(24)35)29(28(38)20-36)23-12-7-11-22(17-23)21-9-5-4-6-10-21/h4-14,17,25-26,28-29,38H,15-16,18-20H2,1-3H3/t26-,28+,29+/m0/s1. The number of benzene rings is 3. The number of hydrogen-bond donors (Lipinski definition) is 1. The van der Waals surface area contributed by atoms with Crippen LogP contribution < -0.4 is 0 Å². The summed E-state index contributed by atoms with van der Waals surface area (Å²) >= 11 is 12.8. The van der Waals surface area contributed by atoms with E-state index in [1.165, 1.54) is 4.90 Å². The number of halogens is 2. The summed E-state index contributed by atoms with van der Waals surface area (Å²) in [4.78, 5) is 30.9. The Kier molecular flexibility index (Phi) is 8.65. The number of rotatable bonds is 6. The first-order valence-electron chi connectivity index (χ1n) is 14.1. The van der Waals surface area contributed by atoms with Crippen molar-refractivity contribution < 1.29 is 19.4 Å². The van der Waals surface area contributed by atoms with Gasteiger partial charge in [0.15, 0.2) is 0 Å². The van der Waals surface area contributed by atoms with Gasteiger partial charge in [-0.3, -0.25) is 4.79 Å². The number of β-amino-alcohol motifs (C(OH)–C–C–N with tert-alkyl or cyclic N) is 1. The Morgan fingerprint density at radius 3 is 2.32 bits per heavy atom. The summed E-state index contributed by atoms with van der Waals surface area (Å²) < 4.78 is 5.64. The second-order valence-electron chi connectivity index (χ2n) is 12.0. The maximum atomic E-state index is 14.5. The molecule has 1 N–H and O–H groups in total. The van der Waals surface area contributed by atoms with E-state index in [9.17, 15) is 14.7 Å². The van der Waals surface area contributed by atoms with E-state index >= 15 is 0 Å². The van der Waals surface area contributed by atoms with Crippen molar-refractivity contribution in [2.24, 2.45) is 5.92 Å². The zero-order valence-corrected chi connectivity index (χ0v) is 25.1. The molecule has 3 aromatic rings. The van der Waals surface area contributed by atoms with E-state index in [1.807, 2.05) is 71.6 Å². The highest BCUT2D eigenvalue weighted by molar-refractivity contribution is 6.42. The van der Waals surface area contributed by atoms with E-state index in [1.54, 1.807) is 26.8 Å². The van der Waals surface area contributed by atoms with Crippen molar-refractivity contribution in [3.63, 3.8) is 0 Å². The number of carbonyl (C=O) groups excluding carboxylic acids is 2. The van der Waals surface area contributed by atoms with Crippen molar-refractivity contribution in [2.75, 3.05) is 13.1 Å². The highest BCUT2D eigenvalue weighted by Crippen LogP contribution is 2.40. The van der Waals surface area contributed by atoms with Crippen LogP contribution >= 0.6 is 23.2 Å². The molecule has 2 fully saturated rings. The van der Waals surface area contributed by atoms with Crippen molar-refractivity contribution in [3.8, 4) is 11.1 Å². The predicted molar refractivity (Wildman–Crippen MR) is 162 cm³/mol. The van der Waals surface area contributed by atoms with E-state index in [4.69, 9.17) is 27.9 Å². The third kappa shape index (κ3) is 6.88. The number of amides is 2. The van der Waals surface area contributed by atoms with Crippen LogP contribution in [0.1, 0.15) is 50.7 Å². The monoisotopic (exact) mass is 594 g/mol. The molecule has 0 radical (unpaired) electrons. The molecular weight excluding hydrogens is 559 g/mol. The molecule has 8 heteroatoms. The molecule has 0 spiro atoms. The third-order valence-electron chi connectivity index (χ3n) is 7.66. The second kappa shape index (κ2) is 12.0. The smallest absolute Gasteiger partial charge is 0.410 e. The Labute approximate surface area is 251 Å². The summed E-state index contributed by atoms with van der Waals surface area (Å²) in [7, 11) is 0. The minimum absolute atomic E-state index is 0.0719. The van der Waals surface area contributed by atoms with Gasteiger partial charge in [0.2, 0.25) is 5.91 Å². The number of piperidine rings is 1. The summed E-state index contributed by atoms with van der Waals surface area (Å²) in [5, 5.41) is 12.4. The van der Waals surface area contributed by atoms with E-state index in [2.05, 4.69) is 0 Å². The van der Waals surface area contributed by atoms with Crippen LogP contribution in [0.3, 0.4) is 0 Å². The number of aliphatic hydroxyl groups excluding tert-OH is 1. The highest BCUT2D eigenvalue weighted by atomic mass is 35.5. The quantitative estimate of drug-likeness (QED) is 0.328. The number of likely N-dealkylation sites (tertiary alicyclic amines) is 1. The fraction of sp³-hybridized carbons (Fsp3) is 0.394. The molecule has 41 heavy (non-hydrogen) atoms. The second-order valence-corrected chi connectivity index (χ2v) is 12.8. The minimum Gasteiger partial charge on any atom is -0.444 e. The van der Waals surface area contributed by atoms with Gasteiger partial charge < -0.3 is 19.6 Å². The number of ether oxygens (including phenoxy) is 1. The van der Waals surface area contributed by atoms with Gasteiger partial charge in [-0.05, 0) is 61.9 Å². The fourth-order valence-corrected chi connectivity index (χ4v) is 5.97. The number of hydrogen-bond acceptors (Lipinski definition) is 4. The van der Waals surface area contributed by atoms with E-state index < -0.39 is 29.6 Å². The molecule has 2 amide bonds. The maximum Gasteiger partial charge on any atom is 0.410 e. The Balaban J connectivity index is 1.51. The summed E-state index contributed by atoms with van der Waals surface area (Å²) in [5.74, 6) is -1.32. The molecule has 3 aromatic carbocycles. The van der Waals surface area contributed by atoms with Crippen LogP contribution in [0.2, 0.25) is 10.0 Å². The van der Waals surface area contributed by atoms with Crippen LogP contribution in [-0.4, -0.2) is 57.7 Å². The van der Waals surface area contributed by atoms with Gasteiger partial charge in [-0.15, -0.1) is 0 Å². The summed E-state index contributed by atoms with van der Waals surface area (Å²) in [6, 6.07) is 23.5. The van der Waals surface area contributed by atoms with Gasteiger partial charge in [0, 0.05) is 25.0 Å². The summed E-state index contributed by atoms with van der Waals surface area (Å²) in [6.07, 6.45) is 0.278. The van der Waals surface area contributed by atoms with Gasteiger partial charge in [-0.2, -0.15) is 0 Å². The molecule has 1 saturated heterocycles. The van der Waals surface area contributed by atoms with Crippen LogP contribution in [0.25, 0.3) is 11.1 Å². The molecular formula is C33H36Cl2N2O4. The van der Waals surface area contributed by atoms with E-state index in [-0.39, 0.29) is 25.0 Å². The van der Waals surface area contributed by atoms with Gasteiger partial charge >= 0.3 is 6.09 Å². The third-order valence-corrected chi connectivity index (χ3v) is 8.52. The average Bonchev–Trinajstić information content (AvgIpc) is 3.78. The summed E-state index contributed by atoms with van der Waals surface area (Å²) in [6.45, 7) is 5.92. The van der Waals surface area contributed by atoms with Crippen LogP contribution in [0.15, 0.2) is 72.8 Å². The average molecular weight is 596 g/mol. The van der Waals surface area contributed by atoms with Crippen molar-refractivity contribution in [1.82, 2.24) is 9.80 Å².